The van der Waals surface area contributed by atoms with E-state index in [2.05, 4.69) is 13.8 Å². The fraction of sp³-hybridized carbons (Fsp3) is 1.00. The van der Waals surface area contributed by atoms with E-state index in [1.54, 1.807) is 0 Å². The number of phosphoric ester groups is 1. The zero-order valence-corrected chi connectivity index (χ0v) is 29.7. The van der Waals surface area contributed by atoms with E-state index in [0.29, 0.717) is 12.8 Å². The summed E-state index contributed by atoms with van der Waals surface area (Å²) in [5.41, 5.74) is 0. The van der Waals surface area contributed by atoms with Gasteiger partial charge in [-0.05, 0) is 12.8 Å². The molecule has 0 rings (SSSR count). The molecule has 0 fully saturated rings. The van der Waals surface area contributed by atoms with E-state index in [1.165, 1.54) is 154 Å². The molecule has 0 unspecified atom stereocenters. The molecule has 0 heterocycles. The third-order valence-electron chi connectivity index (χ3n) is 8.64. The number of phosphoric acid groups is 1. The van der Waals surface area contributed by atoms with E-state index in [4.69, 9.17) is 9.05 Å². The smallest absolute Gasteiger partial charge is 0.391 e. The largest absolute Gasteiger partial charge is 0.472 e. The quantitative estimate of drug-likeness (QED) is 0.0469. The van der Waals surface area contributed by atoms with Crippen LogP contribution in [0.4, 0.5) is 0 Å². The summed E-state index contributed by atoms with van der Waals surface area (Å²) in [6.07, 6.45) is 35.5. The van der Waals surface area contributed by atoms with Crippen LogP contribution in [0.1, 0.15) is 206 Å². The number of aliphatic hydroxyl groups excluding tert-OH is 2. The lowest BCUT2D eigenvalue weighted by atomic mass is 10.0. The molecule has 0 aromatic carbocycles. The first kappa shape index (κ1) is 43.0. The Morgan fingerprint density at radius 1 is 0.419 bits per heavy atom. The standard InChI is InChI=1S/C36H75O6P/c1-3-5-7-9-11-13-15-17-19-21-23-25-27-29-31-35(37)33-41-43(39,40)42-34-36(38)32-30-28-26-24-22-20-18-16-14-12-10-8-6-4-2/h35-38H,3-34H2,1-2H3,(H,39,40)/t35-,36-/m0/s1. The predicted molar refractivity (Wildman–Crippen MR) is 184 cm³/mol. The third-order valence-corrected chi connectivity index (χ3v) is 9.59. The van der Waals surface area contributed by atoms with E-state index in [9.17, 15) is 19.7 Å². The SMILES string of the molecule is CCCCCCCCCCCCCCCC[C@H](O)COP(=O)(O)OC[C@@H](O)CCCCCCCCCCCCCCCC. The van der Waals surface area contributed by atoms with Crippen LogP contribution in [0.3, 0.4) is 0 Å². The Morgan fingerprint density at radius 3 is 0.860 bits per heavy atom. The third kappa shape index (κ3) is 34.7. The molecule has 0 spiro atoms. The van der Waals surface area contributed by atoms with Crippen LogP contribution in [-0.4, -0.2) is 40.5 Å². The first-order valence-corrected chi connectivity index (χ1v) is 20.4. The van der Waals surface area contributed by atoms with Gasteiger partial charge in [-0.25, -0.2) is 4.57 Å². The van der Waals surface area contributed by atoms with Crippen molar-refractivity contribution < 1.29 is 28.7 Å². The number of unbranched alkanes of at least 4 members (excludes halogenated alkanes) is 26. The summed E-state index contributed by atoms with van der Waals surface area (Å²) in [5, 5.41) is 20.2. The molecule has 7 heteroatoms. The van der Waals surface area contributed by atoms with E-state index >= 15 is 0 Å². The number of hydrogen-bond acceptors (Lipinski definition) is 5. The number of hydrogen-bond donors (Lipinski definition) is 3. The molecule has 2 atom stereocenters. The molecular weight excluding hydrogens is 559 g/mol. The van der Waals surface area contributed by atoms with Crippen molar-refractivity contribution in [1.29, 1.82) is 0 Å². The van der Waals surface area contributed by atoms with Gasteiger partial charge in [-0.3, -0.25) is 9.05 Å². The highest BCUT2D eigenvalue weighted by atomic mass is 31.2. The molecule has 0 aliphatic rings. The second-order valence-electron chi connectivity index (χ2n) is 13.1. The lowest BCUT2D eigenvalue weighted by molar-refractivity contribution is 0.0432. The van der Waals surface area contributed by atoms with E-state index in [0.717, 1.165) is 25.7 Å². The van der Waals surface area contributed by atoms with Crippen molar-refractivity contribution in [3.8, 4) is 0 Å². The maximum absolute atomic E-state index is 12.1. The molecule has 3 N–H and O–H groups in total. The Hall–Kier alpha value is 0.0300. The van der Waals surface area contributed by atoms with E-state index in [-0.39, 0.29) is 13.2 Å². The summed E-state index contributed by atoms with van der Waals surface area (Å²) in [5.74, 6) is 0. The minimum atomic E-state index is -4.27. The maximum Gasteiger partial charge on any atom is 0.472 e. The van der Waals surface area contributed by atoms with E-state index in [1.807, 2.05) is 0 Å². The second kappa shape index (κ2) is 33.4. The van der Waals surface area contributed by atoms with Gasteiger partial charge in [-0.1, -0.05) is 194 Å². The molecule has 0 aliphatic heterocycles. The molecule has 0 saturated carbocycles. The van der Waals surface area contributed by atoms with Crippen LogP contribution in [0.5, 0.6) is 0 Å². The van der Waals surface area contributed by atoms with Crippen LogP contribution in [-0.2, 0) is 13.6 Å². The van der Waals surface area contributed by atoms with Gasteiger partial charge in [-0.2, -0.15) is 0 Å². The fourth-order valence-electron chi connectivity index (χ4n) is 5.71. The molecule has 0 aromatic heterocycles. The van der Waals surface area contributed by atoms with Gasteiger partial charge in [0.15, 0.2) is 0 Å². The average Bonchev–Trinajstić information content (AvgIpc) is 2.99. The van der Waals surface area contributed by atoms with Crippen molar-refractivity contribution in [2.45, 2.75) is 219 Å². The Balaban J connectivity index is 3.51. The minimum Gasteiger partial charge on any atom is -0.391 e. The van der Waals surface area contributed by atoms with Gasteiger partial charge in [0.05, 0.1) is 25.4 Å². The first-order valence-electron chi connectivity index (χ1n) is 18.9. The van der Waals surface area contributed by atoms with Gasteiger partial charge in [0.2, 0.25) is 0 Å². The van der Waals surface area contributed by atoms with Gasteiger partial charge >= 0.3 is 7.82 Å². The molecule has 0 aromatic rings. The first-order chi connectivity index (χ1) is 20.9. The van der Waals surface area contributed by atoms with Gasteiger partial charge < -0.3 is 15.1 Å². The Labute approximate surface area is 268 Å². The van der Waals surface area contributed by atoms with Crippen LogP contribution in [0.25, 0.3) is 0 Å². The van der Waals surface area contributed by atoms with Gasteiger partial charge in [0, 0.05) is 0 Å². The molecule has 260 valence electrons. The second-order valence-corrected chi connectivity index (χ2v) is 14.6. The summed E-state index contributed by atoms with van der Waals surface area (Å²) < 4.78 is 22.0. The van der Waals surface area contributed by atoms with Gasteiger partial charge in [0.25, 0.3) is 0 Å². The van der Waals surface area contributed by atoms with E-state index < -0.39 is 20.0 Å². The van der Waals surface area contributed by atoms with Crippen molar-refractivity contribution in [3.05, 3.63) is 0 Å². The minimum absolute atomic E-state index is 0.221. The normalized spacial score (nSPS) is 13.5. The Morgan fingerprint density at radius 2 is 0.628 bits per heavy atom. The maximum atomic E-state index is 12.1. The number of rotatable bonds is 36. The molecule has 6 nitrogen and oxygen atoms in total. The topological polar surface area (TPSA) is 96.2 Å². The Kier molecular flexibility index (Phi) is 33.4. The molecule has 0 saturated heterocycles. The summed E-state index contributed by atoms with van der Waals surface area (Å²) in [6, 6.07) is 0. The van der Waals surface area contributed by atoms with Crippen LogP contribution in [0.15, 0.2) is 0 Å². The molecule has 0 bridgehead atoms. The van der Waals surface area contributed by atoms with Gasteiger partial charge in [0.1, 0.15) is 0 Å². The zero-order valence-electron chi connectivity index (χ0n) is 28.8. The fourth-order valence-corrected chi connectivity index (χ4v) is 6.51. The van der Waals surface area contributed by atoms with Crippen LogP contribution in [0.2, 0.25) is 0 Å². The molecule has 0 amide bonds. The van der Waals surface area contributed by atoms with Crippen LogP contribution < -0.4 is 0 Å². The van der Waals surface area contributed by atoms with Crippen LogP contribution in [0, 0.1) is 0 Å². The van der Waals surface area contributed by atoms with Crippen molar-refractivity contribution in [2.75, 3.05) is 13.2 Å². The van der Waals surface area contributed by atoms with Crippen LogP contribution >= 0.6 is 7.82 Å². The molecular formula is C36H75O6P. The van der Waals surface area contributed by atoms with Crippen molar-refractivity contribution in [3.63, 3.8) is 0 Å². The molecule has 43 heavy (non-hydrogen) atoms. The molecule has 0 radical (unpaired) electrons. The monoisotopic (exact) mass is 635 g/mol. The highest BCUT2D eigenvalue weighted by Crippen LogP contribution is 2.43. The summed E-state index contributed by atoms with van der Waals surface area (Å²) in [6.45, 7) is 4.08. The van der Waals surface area contributed by atoms with Gasteiger partial charge in [-0.15, -0.1) is 0 Å². The average molecular weight is 635 g/mol. The highest BCUT2D eigenvalue weighted by molar-refractivity contribution is 7.47. The lowest BCUT2D eigenvalue weighted by Crippen LogP contribution is -2.17. The summed E-state index contributed by atoms with van der Waals surface area (Å²) in [4.78, 5) is 9.89. The van der Waals surface area contributed by atoms with Crippen molar-refractivity contribution in [1.82, 2.24) is 0 Å². The lowest BCUT2D eigenvalue weighted by Gasteiger charge is -2.17. The highest BCUT2D eigenvalue weighted by Gasteiger charge is 2.24. The number of aliphatic hydroxyl groups is 2. The van der Waals surface area contributed by atoms with Crippen molar-refractivity contribution in [2.24, 2.45) is 0 Å². The zero-order chi connectivity index (χ0) is 31.7. The van der Waals surface area contributed by atoms with Crippen molar-refractivity contribution >= 4 is 7.82 Å². The molecule has 0 aliphatic carbocycles. The Bertz CT molecular complexity index is 544. The predicted octanol–water partition coefficient (Wildman–Crippen LogP) is 11.6. The summed E-state index contributed by atoms with van der Waals surface area (Å²) in [7, 11) is -4.27. The summed E-state index contributed by atoms with van der Waals surface area (Å²) >= 11 is 0.